The summed E-state index contributed by atoms with van der Waals surface area (Å²) < 4.78 is 5.39. The number of carbonyl (C=O) groups excluding carboxylic acids is 1. The highest BCUT2D eigenvalue weighted by atomic mass is 16.5. The summed E-state index contributed by atoms with van der Waals surface area (Å²) in [7, 11) is 0. The van der Waals surface area contributed by atoms with E-state index in [9.17, 15) is 4.79 Å². The highest BCUT2D eigenvalue weighted by Gasteiger charge is 2.04. The largest absolute Gasteiger partial charge is 0.484 e. The maximum absolute atomic E-state index is 11.8. The number of amides is 1. The van der Waals surface area contributed by atoms with Gasteiger partial charge in [0, 0.05) is 13.2 Å². The van der Waals surface area contributed by atoms with Crippen molar-refractivity contribution in [1.29, 1.82) is 0 Å². The summed E-state index contributed by atoms with van der Waals surface area (Å²) in [6, 6.07) is 12.8. The van der Waals surface area contributed by atoms with Gasteiger partial charge in [0.25, 0.3) is 5.91 Å². The number of nitrogens with zero attached hydrogens (tertiary/aromatic N) is 1. The lowest BCUT2D eigenvalue weighted by Gasteiger charge is -2.08. The Kier molecular flexibility index (Phi) is 7.56. The van der Waals surface area contributed by atoms with Crippen molar-refractivity contribution in [3.63, 3.8) is 0 Å². The molecule has 0 unspecified atom stereocenters. The Morgan fingerprint density at radius 3 is 2.62 bits per heavy atom. The van der Waals surface area contributed by atoms with Crippen molar-refractivity contribution in [3.8, 4) is 5.75 Å². The molecule has 2 rings (SSSR count). The molecule has 2 aromatic rings. The highest BCUT2D eigenvalue weighted by molar-refractivity contribution is 5.91. The highest BCUT2D eigenvalue weighted by Crippen LogP contribution is 2.11. The Morgan fingerprint density at radius 1 is 1.08 bits per heavy atom. The molecule has 0 aliphatic rings. The van der Waals surface area contributed by atoms with Gasteiger partial charge in [-0.05, 0) is 43.5 Å². The van der Waals surface area contributed by atoms with E-state index in [-0.39, 0.29) is 19.1 Å². The zero-order valence-corrected chi connectivity index (χ0v) is 13.6. The van der Waals surface area contributed by atoms with E-state index in [1.807, 2.05) is 24.3 Å². The average molecular weight is 329 g/mol. The molecule has 128 valence electrons. The Balaban J connectivity index is 1.69. The van der Waals surface area contributed by atoms with E-state index in [1.165, 1.54) is 0 Å². The monoisotopic (exact) mass is 329 g/mol. The van der Waals surface area contributed by atoms with Crippen molar-refractivity contribution >= 4 is 17.4 Å². The topological polar surface area (TPSA) is 83.5 Å². The summed E-state index contributed by atoms with van der Waals surface area (Å²) in [5, 5.41) is 14.7. The Labute approximate surface area is 141 Å². The van der Waals surface area contributed by atoms with Gasteiger partial charge in [-0.1, -0.05) is 18.2 Å². The Hall–Kier alpha value is -2.60. The molecule has 0 saturated carbocycles. The van der Waals surface area contributed by atoms with E-state index >= 15 is 0 Å². The Morgan fingerprint density at radius 2 is 1.92 bits per heavy atom. The van der Waals surface area contributed by atoms with E-state index in [2.05, 4.69) is 15.6 Å². The molecule has 6 nitrogen and oxygen atoms in total. The number of aliphatic hydroxyl groups excluding tert-OH is 1. The summed E-state index contributed by atoms with van der Waals surface area (Å²) in [6.45, 7) is 0.999. The molecule has 1 amide bonds. The molecule has 24 heavy (non-hydrogen) atoms. The van der Waals surface area contributed by atoms with Crippen molar-refractivity contribution < 1.29 is 14.6 Å². The van der Waals surface area contributed by atoms with E-state index in [0.717, 1.165) is 31.6 Å². The molecule has 0 radical (unpaired) electrons. The normalized spacial score (nSPS) is 10.2. The second kappa shape index (κ2) is 10.2. The van der Waals surface area contributed by atoms with Gasteiger partial charge in [-0.25, -0.2) is 4.98 Å². The molecular formula is C18H23N3O3. The minimum absolute atomic E-state index is 0.0468. The summed E-state index contributed by atoms with van der Waals surface area (Å²) >= 11 is 0. The van der Waals surface area contributed by atoms with Gasteiger partial charge >= 0.3 is 0 Å². The van der Waals surface area contributed by atoms with Crippen molar-refractivity contribution in [1.82, 2.24) is 4.98 Å². The lowest BCUT2D eigenvalue weighted by Crippen LogP contribution is -2.20. The minimum atomic E-state index is -0.231. The van der Waals surface area contributed by atoms with Gasteiger partial charge in [0.15, 0.2) is 6.61 Å². The number of pyridine rings is 1. The number of carbonyl (C=O) groups is 1. The van der Waals surface area contributed by atoms with Gasteiger partial charge in [-0.3, -0.25) is 4.79 Å². The van der Waals surface area contributed by atoms with Crippen LogP contribution in [0.25, 0.3) is 0 Å². The fourth-order valence-electron chi connectivity index (χ4n) is 2.07. The van der Waals surface area contributed by atoms with Gasteiger partial charge in [-0.15, -0.1) is 0 Å². The van der Waals surface area contributed by atoms with E-state index < -0.39 is 0 Å². The predicted octanol–water partition coefficient (Wildman–Crippen LogP) is 2.67. The lowest BCUT2D eigenvalue weighted by atomic mass is 10.2. The van der Waals surface area contributed by atoms with Gasteiger partial charge in [0.1, 0.15) is 11.6 Å². The standard InChI is InChI=1S/C18H23N3O3/c22-12-6-2-5-11-19-17-10-9-15(13-20-17)21-18(23)14-24-16-7-3-1-4-8-16/h1,3-4,7-10,13,22H,2,5-6,11-12,14H2,(H,19,20)(H,21,23). The summed E-state index contributed by atoms with van der Waals surface area (Å²) in [5.74, 6) is 1.19. The SMILES string of the molecule is O=C(COc1ccccc1)Nc1ccc(NCCCCCO)nc1. The van der Waals surface area contributed by atoms with Crippen LogP contribution in [0.15, 0.2) is 48.7 Å². The van der Waals surface area contributed by atoms with Crippen LogP contribution in [0.4, 0.5) is 11.5 Å². The number of nitrogens with one attached hydrogen (secondary N) is 2. The third-order valence-electron chi connectivity index (χ3n) is 3.30. The fraction of sp³-hybridized carbons (Fsp3) is 0.333. The molecule has 6 heteroatoms. The van der Waals surface area contributed by atoms with Gasteiger partial charge in [-0.2, -0.15) is 0 Å². The number of hydrogen-bond donors (Lipinski definition) is 3. The van der Waals surface area contributed by atoms with Crippen molar-refractivity contribution in [2.75, 3.05) is 30.4 Å². The molecule has 0 bridgehead atoms. The number of aliphatic hydroxyl groups is 1. The van der Waals surface area contributed by atoms with Crippen LogP contribution < -0.4 is 15.4 Å². The molecule has 0 saturated heterocycles. The van der Waals surface area contributed by atoms with Crippen LogP contribution in [0, 0.1) is 0 Å². The van der Waals surface area contributed by atoms with E-state index in [0.29, 0.717) is 11.4 Å². The molecule has 0 atom stereocenters. The van der Waals surface area contributed by atoms with Crippen LogP contribution in [-0.4, -0.2) is 35.8 Å². The molecule has 3 N–H and O–H groups in total. The van der Waals surface area contributed by atoms with Crippen LogP contribution in [-0.2, 0) is 4.79 Å². The first-order valence-electron chi connectivity index (χ1n) is 8.06. The second-order valence-electron chi connectivity index (χ2n) is 5.29. The number of ether oxygens (including phenoxy) is 1. The number of benzene rings is 1. The molecule has 1 aromatic carbocycles. The quantitative estimate of drug-likeness (QED) is 0.584. The minimum Gasteiger partial charge on any atom is -0.484 e. The zero-order valence-electron chi connectivity index (χ0n) is 13.6. The van der Waals surface area contributed by atoms with Crippen LogP contribution in [0.3, 0.4) is 0 Å². The predicted molar refractivity (Wildman–Crippen MR) is 94.2 cm³/mol. The fourth-order valence-corrected chi connectivity index (χ4v) is 2.07. The molecule has 0 aliphatic heterocycles. The molecule has 1 heterocycles. The maximum Gasteiger partial charge on any atom is 0.262 e. The molecule has 0 fully saturated rings. The first-order chi connectivity index (χ1) is 11.8. The third-order valence-corrected chi connectivity index (χ3v) is 3.30. The van der Waals surface area contributed by atoms with Gasteiger partial charge in [0.05, 0.1) is 11.9 Å². The van der Waals surface area contributed by atoms with Gasteiger partial charge < -0.3 is 20.5 Å². The number of para-hydroxylation sites is 1. The van der Waals surface area contributed by atoms with E-state index in [4.69, 9.17) is 9.84 Å². The first-order valence-corrected chi connectivity index (χ1v) is 8.06. The number of anilines is 2. The number of aromatic nitrogens is 1. The molecule has 0 aliphatic carbocycles. The van der Waals surface area contributed by atoms with Gasteiger partial charge in [0.2, 0.25) is 0 Å². The van der Waals surface area contributed by atoms with Crippen molar-refractivity contribution in [3.05, 3.63) is 48.7 Å². The van der Waals surface area contributed by atoms with Crippen molar-refractivity contribution in [2.24, 2.45) is 0 Å². The van der Waals surface area contributed by atoms with Crippen LogP contribution in [0.1, 0.15) is 19.3 Å². The number of unbranched alkanes of at least 4 members (excludes halogenated alkanes) is 2. The Bertz CT molecular complexity index is 603. The molecule has 0 spiro atoms. The van der Waals surface area contributed by atoms with E-state index in [1.54, 1.807) is 24.4 Å². The third kappa shape index (κ3) is 6.66. The number of rotatable bonds is 10. The van der Waals surface area contributed by atoms with Crippen LogP contribution >= 0.6 is 0 Å². The molecule has 1 aromatic heterocycles. The summed E-state index contributed by atoms with van der Waals surface area (Å²) in [4.78, 5) is 16.1. The van der Waals surface area contributed by atoms with Crippen molar-refractivity contribution in [2.45, 2.75) is 19.3 Å². The first kappa shape index (κ1) is 17.7. The summed E-state index contributed by atoms with van der Waals surface area (Å²) in [6.07, 6.45) is 4.40. The average Bonchev–Trinajstić information content (AvgIpc) is 2.62. The van der Waals surface area contributed by atoms with Crippen LogP contribution in [0.2, 0.25) is 0 Å². The maximum atomic E-state index is 11.8. The lowest BCUT2D eigenvalue weighted by molar-refractivity contribution is -0.118. The molecular weight excluding hydrogens is 306 g/mol. The smallest absolute Gasteiger partial charge is 0.262 e. The zero-order chi connectivity index (χ0) is 17.0. The summed E-state index contributed by atoms with van der Waals surface area (Å²) in [5.41, 5.74) is 0.627. The van der Waals surface area contributed by atoms with Crippen LogP contribution in [0.5, 0.6) is 5.75 Å². The second-order valence-corrected chi connectivity index (χ2v) is 5.29. The number of hydrogen-bond acceptors (Lipinski definition) is 5.